The lowest BCUT2D eigenvalue weighted by atomic mass is 10.1. The van der Waals surface area contributed by atoms with Gasteiger partial charge in [-0.1, -0.05) is 23.7 Å². The fraction of sp³-hybridized carbons (Fsp3) is 0.0588. The molecule has 3 nitrogen and oxygen atoms in total. The summed E-state index contributed by atoms with van der Waals surface area (Å²) in [6, 6.07) is 11.1. The number of hydrogen-bond donors (Lipinski definition) is 1. The summed E-state index contributed by atoms with van der Waals surface area (Å²) in [4.78, 5) is 11.9. The van der Waals surface area contributed by atoms with E-state index in [-0.39, 0.29) is 16.1 Å². The predicted molar refractivity (Wildman–Crippen MR) is 85.3 cm³/mol. The number of hydrogen-bond acceptors (Lipinski definition) is 2. The van der Waals surface area contributed by atoms with E-state index in [4.69, 9.17) is 16.9 Å². The van der Waals surface area contributed by atoms with Crippen LogP contribution in [0.15, 0.2) is 48.5 Å². The van der Waals surface area contributed by atoms with Crippen molar-refractivity contribution in [3.8, 4) is 6.07 Å². The lowest BCUT2D eigenvalue weighted by molar-refractivity contribution is -0.137. The van der Waals surface area contributed by atoms with Crippen LogP contribution in [0.3, 0.4) is 0 Å². The zero-order valence-electron chi connectivity index (χ0n) is 12.1. The molecule has 0 fully saturated rings. The largest absolute Gasteiger partial charge is 0.416 e. The van der Waals surface area contributed by atoms with Crippen LogP contribution in [0.5, 0.6) is 0 Å². The molecule has 0 aliphatic carbocycles. The summed E-state index contributed by atoms with van der Waals surface area (Å²) in [7, 11) is 0. The number of nitrogens with zero attached hydrogens (tertiary/aromatic N) is 1. The lowest BCUT2D eigenvalue weighted by Gasteiger charge is -2.08. The third-order valence-corrected chi connectivity index (χ3v) is 3.39. The number of amides is 1. The quantitative estimate of drug-likeness (QED) is 0.802. The zero-order chi connectivity index (χ0) is 17.7. The number of para-hydroxylation sites is 1. The molecule has 122 valence electrons. The molecule has 7 heteroatoms. The molecule has 2 aromatic carbocycles. The second kappa shape index (κ2) is 7.20. The van der Waals surface area contributed by atoms with Crippen LogP contribution in [-0.2, 0) is 11.0 Å². The Hall–Kier alpha value is -2.78. The van der Waals surface area contributed by atoms with Crippen molar-refractivity contribution in [1.82, 2.24) is 0 Å². The van der Waals surface area contributed by atoms with Crippen LogP contribution in [0.25, 0.3) is 6.08 Å². The number of halogens is 4. The number of rotatable bonds is 3. The summed E-state index contributed by atoms with van der Waals surface area (Å²) in [5.41, 5.74) is -0.210. The van der Waals surface area contributed by atoms with E-state index in [1.54, 1.807) is 18.2 Å². The maximum absolute atomic E-state index is 12.7. The van der Waals surface area contributed by atoms with E-state index in [1.165, 1.54) is 12.1 Å². The lowest BCUT2D eigenvalue weighted by Crippen LogP contribution is -2.09. The molecule has 1 N–H and O–H groups in total. The molecule has 0 heterocycles. The predicted octanol–water partition coefficient (Wildman–Crippen LogP) is 4.88. The average molecular weight is 351 g/mol. The van der Waals surface area contributed by atoms with E-state index >= 15 is 0 Å². The van der Waals surface area contributed by atoms with E-state index in [1.807, 2.05) is 6.07 Å². The van der Waals surface area contributed by atoms with Crippen LogP contribution in [0.1, 0.15) is 16.7 Å². The Kier molecular flexibility index (Phi) is 5.27. The Bertz CT molecular complexity index is 838. The zero-order valence-corrected chi connectivity index (χ0v) is 12.8. The summed E-state index contributed by atoms with van der Waals surface area (Å²) < 4.78 is 38.1. The highest BCUT2D eigenvalue weighted by Crippen LogP contribution is 2.32. The Morgan fingerprint density at radius 1 is 1.21 bits per heavy atom. The van der Waals surface area contributed by atoms with Crippen molar-refractivity contribution in [3.05, 3.63) is 70.3 Å². The minimum Gasteiger partial charge on any atom is -0.321 e. The molecule has 0 aromatic heterocycles. The number of benzene rings is 2. The van der Waals surface area contributed by atoms with Crippen molar-refractivity contribution in [2.45, 2.75) is 6.18 Å². The van der Waals surface area contributed by atoms with E-state index < -0.39 is 17.6 Å². The first-order valence-corrected chi connectivity index (χ1v) is 7.04. The van der Waals surface area contributed by atoms with Crippen LogP contribution in [0, 0.1) is 11.3 Å². The topological polar surface area (TPSA) is 52.9 Å². The molecule has 2 aromatic rings. The molecule has 2 rings (SSSR count). The standard InChI is InChI=1S/C17H10ClF3N2O/c18-14-7-6-13(17(19,20)21)9-11(14)5-8-16(24)23-15-4-2-1-3-12(15)10-22/h1-9H,(H,23,24)/b8-5+. The Morgan fingerprint density at radius 3 is 2.58 bits per heavy atom. The monoisotopic (exact) mass is 350 g/mol. The summed E-state index contributed by atoms with van der Waals surface area (Å²) in [5, 5.41) is 11.5. The maximum Gasteiger partial charge on any atom is 0.416 e. The smallest absolute Gasteiger partial charge is 0.321 e. The Balaban J connectivity index is 2.19. The van der Waals surface area contributed by atoms with E-state index in [2.05, 4.69) is 5.32 Å². The molecule has 0 atom stereocenters. The first kappa shape index (κ1) is 17.6. The number of nitriles is 1. The second-order valence-corrected chi connectivity index (χ2v) is 5.12. The fourth-order valence-electron chi connectivity index (χ4n) is 1.88. The molecule has 0 unspecified atom stereocenters. The van der Waals surface area contributed by atoms with Crippen molar-refractivity contribution in [1.29, 1.82) is 5.26 Å². The SMILES string of the molecule is N#Cc1ccccc1NC(=O)/C=C/c1cc(C(F)(F)F)ccc1Cl. The Morgan fingerprint density at radius 2 is 1.92 bits per heavy atom. The number of carbonyl (C=O) groups excluding carboxylic acids is 1. The molecule has 0 spiro atoms. The van der Waals surface area contributed by atoms with Gasteiger partial charge in [0.2, 0.25) is 5.91 Å². The first-order chi connectivity index (χ1) is 11.3. The highest BCUT2D eigenvalue weighted by atomic mass is 35.5. The van der Waals surface area contributed by atoms with Crippen LogP contribution in [0.4, 0.5) is 18.9 Å². The number of alkyl halides is 3. The molecule has 0 radical (unpaired) electrons. The van der Waals surface area contributed by atoms with Gasteiger partial charge in [0.05, 0.1) is 16.8 Å². The molecule has 0 aliphatic heterocycles. The van der Waals surface area contributed by atoms with Gasteiger partial charge in [-0.25, -0.2) is 0 Å². The van der Waals surface area contributed by atoms with Gasteiger partial charge in [0.15, 0.2) is 0 Å². The second-order valence-electron chi connectivity index (χ2n) is 4.71. The molecule has 0 saturated carbocycles. The number of nitrogens with one attached hydrogen (secondary N) is 1. The van der Waals surface area contributed by atoms with E-state index in [0.717, 1.165) is 24.3 Å². The van der Waals surface area contributed by atoms with Gasteiger partial charge in [-0.3, -0.25) is 4.79 Å². The van der Waals surface area contributed by atoms with Gasteiger partial charge in [0, 0.05) is 11.1 Å². The van der Waals surface area contributed by atoms with Crippen LogP contribution < -0.4 is 5.32 Å². The van der Waals surface area contributed by atoms with Gasteiger partial charge in [-0.05, 0) is 42.0 Å². The van der Waals surface area contributed by atoms with Crippen molar-refractivity contribution in [3.63, 3.8) is 0 Å². The normalized spacial score (nSPS) is 11.3. The van der Waals surface area contributed by atoms with Crippen molar-refractivity contribution in [2.24, 2.45) is 0 Å². The van der Waals surface area contributed by atoms with Crippen molar-refractivity contribution < 1.29 is 18.0 Å². The van der Waals surface area contributed by atoms with Gasteiger partial charge < -0.3 is 5.32 Å². The maximum atomic E-state index is 12.7. The molecule has 1 amide bonds. The summed E-state index contributed by atoms with van der Waals surface area (Å²) in [6.45, 7) is 0. The van der Waals surface area contributed by atoms with Crippen molar-refractivity contribution in [2.75, 3.05) is 5.32 Å². The fourth-order valence-corrected chi connectivity index (χ4v) is 2.06. The molecule has 0 bridgehead atoms. The molecule has 24 heavy (non-hydrogen) atoms. The molecular weight excluding hydrogens is 341 g/mol. The average Bonchev–Trinajstić information content (AvgIpc) is 2.53. The third-order valence-electron chi connectivity index (χ3n) is 3.04. The van der Waals surface area contributed by atoms with Crippen LogP contribution >= 0.6 is 11.6 Å². The van der Waals surface area contributed by atoms with Gasteiger partial charge in [0.25, 0.3) is 0 Å². The van der Waals surface area contributed by atoms with E-state index in [0.29, 0.717) is 5.69 Å². The highest BCUT2D eigenvalue weighted by molar-refractivity contribution is 6.32. The van der Waals surface area contributed by atoms with Crippen LogP contribution in [-0.4, -0.2) is 5.91 Å². The third kappa shape index (κ3) is 4.37. The van der Waals surface area contributed by atoms with E-state index in [9.17, 15) is 18.0 Å². The summed E-state index contributed by atoms with van der Waals surface area (Å²) in [6.07, 6.45) is -2.27. The van der Waals surface area contributed by atoms with Gasteiger partial charge in [-0.15, -0.1) is 0 Å². The minimum atomic E-state index is -4.50. The molecule has 0 saturated heterocycles. The highest BCUT2D eigenvalue weighted by Gasteiger charge is 2.30. The van der Waals surface area contributed by atoms with Gasteiger partial charge in [0.1, 0.15) is 6.07 Å². The molecule has 0 aliphatic rings. The first-order valence-electron chi connectivity index (χ1n) is 6.66. The van der Waals surface area contributed by atoms with Crippen molar-refractivity contribution >= 4 is 29.3 Å². The number of carbonyl (C=O) groups is 1. The molecular formula is C17H10ClF3N2O. The number of anilines is 1. The summed E-state index contributed by atoms with van der Waals surface area (Å²) >= 11 is 5.84. The van der Waals surface area contributed by atoms with Gasteiger partial charge >= 0.3 is 6.18 Å². The van der Waals surface area contributed by atoms with Crippen LogP contribution in [0.2, 0.25) is 5.02 Å². The minimum absolute atomic E-state index is 0.0650. The van der Waals surface area contributed by atoms with Gasteiger partial charge in [-0.2, -0.15) is 18.4 Å². The summed E-state index contributed by atoms with van der Waals surface area (Å²) in [5.74, 6) is -0.592. The Labute approximate surface area is 141 Å².